The van der Waals surface area contributed by atoms with Gasteiger partial charge in [0.05, 0.1) is 25.3 Å². The third kappa shape index (κ3) is 4.59. The van der Waals surface area contributed by atoms with Gasteiger partial charge in [-0.15, -0.1) is 10.2 Å². The van der Waals surface area contributed by atoms with Crippen LogP contribution in [0.3, 0.4) is 0 Å². The maximum absolute atomic E-state index is 6.11. The van der Waals surface area contributed by atoms with E-state index in [0.717, 1.165) is 11.1 Å². The highest BCUT2D eigenvalue weighted by Gasteiger charge is 2.18. The number of methoxy groups -OCH3 is 2. The maximum Gasteiger partial charge on any atom is 0.251 e. The monoisotopic (exact) mass is 469 g/mol. The van der Waals surface area contributed by atoms with Crippen molar-refractivity contribution in [2.75, 3.05) is 14.2 Å². The number of para-hydroxylation sites is 1. The number of oxazole rings is 1. The summed E-state index contributed by atoms with van der Waals surface area (Å²) >= 11 is 0. The molecule has 3 aromatic carbocycles. The Kier molecular flexibility index (Phi) is 6.17. The van der Waals surface area contributed by atoms with Crippen LogP contribution in [0.4, 0.5) is 0 Å². The molecule has 0 spiro atoms. The van der Waals surface area contributed by atoms with E-state index in [2.05, 4.69) is 15.2 Å². The molecular formula is C27H23N3O5. The number of aryl methyl sites for hydroxylation is 1. The fourth-order valence-corrected chi connectivity index (χ4v) is 3.60. The second-order valence-electron chi connectivity index (χ2n) is 7.65. The lowest BCUT2D eigenvalue weighted by molar-refractivity contribution is 0.300. The average Bonchev–Trinajstić information content (AvgIpc) is 3.55. The molecule has 0 aliphatic rings. The van der Waals surface area contributed by atoms with Gasteiger partial charge >= 0.3 is 0 Å². The highest BCUT2D eigenvalue weighted by atomic mass is 16.5. The number of aromatic nitrogens is 3. The van der Waals surface area contributed by atoms with E-state index in [-0.39, 0.29) is 6.61 Å². The first-order chi connectivity index (χ1) is 17.2. The van der Waals surface area contributed by atoms with Crippen molar-refractivity contribution in [3.63, 3.8) is 0 Å². The lowest BCUT2D eigenvalue weighted by atomic mass is 10.2. The first kappa shape index (κ1) is 22.2. The third-order valence-electron chi connectivity index (χ3n) is 5.46. The first-order valence-corrected chi connectivity index (χ1v) is 11.0. The van der Waals surface area contributed by atoms with E-state index in [0.29, 0.717) is 51.9 Å². The van der Waals surface area contributed by atoms with E-state index in [9.17, 15) is 0 Å². The molecular weight excluding hydrogens is 446 g/mol. The molecule has 0 aliphatic heterocycles. The second kappa shape index (κ2) is 9.72. The van der Waals surface area contributed by atoms with Crippen molar-refractivity contribution in [3.8, 4) is 51.6 Å². The summed E-state index contributed by atoms with van der Waals surface area (Å²) in [6, 6.07) is 22.6. The van der Waals surface area contributed by atoms with Gasteiger partial charge in [-0.05, 0) is 43.3 Å². The topological polar surface area (TPSA) is 92.6 Å². The van der Waals surface area contributed by atoms with Crippen LogP contribution in [0.15, 0.2) is 81.6 Å². The largest absolute Gasteiger partial charge is 0.497 e. The van der Waals surface area contributed by atoms with Crippen LogP contribution in [-0.2, 0) is 6.61 Å². The van der Waals surface area contributed by atoms with E-state index in [1.54, 1.807) is 20.3 Å². The number of benzene rings is 3. The van der Waals surface area contributed by atoms with Crippen LogP contribution in [0, 0.1) is 6.92 Å². The minimum absolute atomic E-state index is 0.199. The van der Waals surface area contributed by atoms with Crippen molar-refractivity contribution in [2.24, 2.45) is 0 Å². The molecule has 35 heavy (non-hydrogen) atoms. The molecule has 8 heteroatoms. The quantitative estimate of drug-likeness (QED) is 0.275. The molecule has 176 valence electrons. The molecule has 0 fully saturated rings. The molecule has 8 nitrogen and oxygen atoms in total. The van der Waals surface area contributed by atoms with Crippen molar-refractivity contribution in [3.05, 3.63) is 84.3 Å². The van der Waals surface area contributed by atoms with Crippen molar-refractivity contribution in [2.45, 2.75) is 13.5 Å². The van der Waals surface area contributed by atoms with Crippen molar-refractivity contribution in [1.29, 1.82) is 0 Å². The van der Waals surface area contributed by atoms with Gasteiger partial charge in [-0.25, -0.2) is 4.98 Å². The zero-order valence-corrected chi connectivity index (χ0v) is 19.5. The van der Waals surface area contributed by atoms with Gasteiger partial charge in [0.15, 0.2) is 0 Å². The molecule has 5 aromatic rings. The number of nitrogens with zero attached hydrogens (tertiary/aromatic N) is 3. The first-order valence-electron chi connectivity index (χ1n) is 11.0. The summed E-state index contributed by atoms with van der Waals surface area (Å²) < 4.78 is 28.7. The molecule has 0 aliphatic carbocycles. The summed E-state index contributed by atoms with van der Waals surface area (Å²) in [6.07, 6.45) is 0. The lowest BCUT2D eigenvalue weighted by Gasteiger charge is -2.08. The summed E-state index contributed by atoms with van der Waals surface area (Å²) in [5.74, 6) is 3.81. The highest BCUT2D eigenvalue weighted by molar-refractivity contribution is 5.66. The van der Waals surface area contributed by atoms with Crippen LogP contribution in [0.25, 0.3) is 34.4 Å². The van der Waals surface area contributed by atoms with Crippen LogP contribution >= 0.6 is 0 Å². The van der Waals surface area contributed by atoms with E-state index >= 15 is 0 Å². The lowest BCUT2D eigenvalue weighted by Crippen LogP contribution is -1.99. The fraction of sp³-hybridized carbons (Fsp3) is 0.148. The Morgan fingerprint density at radius 2 is 1.46 bits per heavy atom. The van der Waals surface area contributed by atoms with Crippen LogP contribution in [0.5, 0.6) is 17.2 Å². The van der Waals surface area contributed by atoms with Crippen molar-refractivity contribution in [1.82, 2.24) is 15.2 Å². The maximum atomic E-state index is 6.11. The SMILES string of the molecule is COc1ccc(-c2nc(COc3ccccc3-c3nnc(-c4ccccc4)o3)c(C)o2)c(OC)c1. The second-order valence-corrected chi connectivity index (χ2v) is 7.65. The molecule has 0 N–H and O–H groups in total. The van der Waals surface area contributed by atoms with Gasteiger partial charge in [0.25, 0.3) is 5.89 Å². The molecule has 2 heterocycles. The highest BCUT2D eigenvalue weighted by Crippen LogP contribution is 2.35. The van der Waals surface area contributed by atoms with E-state index in [4.69, 9.17) is 23.0 Å². The zero-order chi connectivity index (χ0) is 24.2. The molecule has 0 saturated carbocycles. The molecule has 0 saturated heterocycles. The predicted octanol–water partition coefficient (Wildman–Crippen LogP) is 5.96. The Labute approximate surface area is 202 Å². The Hall–Kier alpha value is -4.59. The van der Waals surface area contributed by atoms with Crippen LogP contribution in [-0.4, -0.2) is 29.4 Å². The van der Waals surface area contributed by atoms with Gasteiger partial charge in [-0.2, -0.15) is 0 Å². The molecule has 2 aromatic heterocycles. The smallest absolute Gasteiger partial charge is 0.251 e. The van der Waals surface area contributed by atoms with Crippen molar-refractivity contribution < 1.29 is 23.0 Å². The van der Waals surface area contributed by atoms with Gasteiger partial charge in [0.1, 0.15) is 35.3 Å². The normalized spacial score (nSPS) is 10.8. The summed E-state index contributed by atoms with van der Waals surface area (Å²) in [6.45, 7) is 2.05. The summed E-state index contributed by atoms with van der Waals surface area (Å²) in [5, 5.41) is 8.40. The van der Waals surface area contributed by atoms with E-state index in [1.165, 1.54) is 0 Å². The fourth-order valence-electron chi connectivity index (χ4n) is 3.60. The number of ether oxygens (including phenoxy) is 3. The van der Waals surface area contributed by atoms with Gasteiger partial charge in [0, 0.05) is 11.6 Å². The molecule has 0 atom stereocenters. The Balaban J connectivity index is 1.38. The molecule has 0 unspecified atom stereocenters. The Bertz CT molecular complexity index is 1440. The third-order valence-corrected chi connectivity index (χ3v) is 5.46. The summed E-state index contributed by atoms with van der Waals surface area (Å²) in [4.78, 5) is 4.64. The van der Waals surface area contributed by atoms with Gasteiger partial charge < -0.3 is 23.0 Å². The van der Waals surface area contributed by atoms with Gasteiger partial charge in [-0.1, -0.05) is 30.3 Å². The Morgan fingerprint density at radius 1 is 0.714 bits per heavy atom. The number of rotatable bonds is 8. The minimum atomic E-state index is 0.199. The molecule has 5 rings (SSSR count). The minimum Gasteiger partial charge on any atom is -0.497 e. The Morgan fingerprint density at radius 3 is 2.26 bits per heavy atom. The molecule has 0 bridgehead atoms. The predicted molar refractivity (Wildman–Crippen MR) is 129 cm³/mol. The van der Waals surface area contributed by atoms with Gasteiger partial charge in [0.2, 0.25) is 11.8 Å². The summed E-state index contributed by atoms with van der Waals surface area (Å²) in [5.41, 5.74) is 2.94. The van der Waals surface area contributed by atoms with Crippen LogP contribution < -0.4 is 14.2 Å². The van der Waals surface area contributed by atoms with Gasteiger partial charge in [-0.3, -0.25) is 0 Å². The number of hydrogen-bond acceptors (Lipinski definition) is 8. The molecule has 0 amide bonds. The van der Waals surface area contributed by atoms with E-state index in [1.807, 2.05) is 73.7 Å². The van der Waals surface area contributed by atoms with Crippen molar-refractivity contribution >= 4 is 0 Å². The number of hydrogen-bond donors (Lipinski definition) is 0. The van der Waals surface area contributed by atoms with Crippen LogP contribution in [0.2, 0.25) is 0 Å². The average molecular weight is 469 g/mol. The zero-order valence-electron chi connectivity index (χ0n) is 19.5. The van der Waals surface area contributed by atoms with Crippen LogP contribution in [0.1, 0.15) is 11.5 Å². The molecule has 0 radical (unpaired) electrons. The standard InChI is InChI=1S/C27H23N3O5/c1-17-22(28-26(34-17)21-14-13-19(31-2)15-24(21)32-3)16-33-23-12-8-7-11-20(23)27-30-29-25(35-27)18-9-5-4-6-10-18/h4-15H,16H2,1-3H3. The van der Waals surface area contributed by atoms with E-state index < -0.39 is 0 Å². The summed E-state index contributed by atoms with van der Waals surface area (Å²) in [7, 11) is 3.20.